The number of rotatable bonds is 3. The minimum Gasteiger partial charge on any atom is -0.399 e. The molecule has 6 heteroatoms. The van der Waals surface area contributed by atoms with Crippen LogP contribution in [-0.4, -0.2) is 11.1 Å². The van der Waals surface area contributed by atoms with Crippen molar-refractivity contribution in [2.24, 2.45) is 0 Å². The highest BCUT2D eigenvalue weighted by Crippen LogP contribution is 2.19. The Kier molecular flexibility index (Phi) is 3.76. The van der Waals surface area contributed by atoms with Crippen LogP contribution in [0.5, 0.6) is 0 Å². The summed E-state index contributed by atoms with van der Waals surface area (Å²) in [7, 11) is 0. The molecule has 0 aliphatic rings. The first kappa shape index (κ1) is 13.4. The van der Waals surface area contributed by atoms with E-state index in [1.165, 1.54) is 0 Å². The summed E-state index contributed by atoms with van der Waals surface area (Å²) in [6.07, 6.45) is 0. The maximum Gasteiger partial charge on any atom is 0.253 e. The number of aromatic nitrogens is 1. The molecule has 1 heterocycles. The van der Waals surface area contributed by atoms with Crippen molar-refractivity contribution < 1.29 is 9.32 Å². The predicted octanol–water partition coefficient (Wildman–Crippen LogP) is 2.46. The lowest BCUT2D eigenvalue weighted by molar-refractivity contribution is 0.0951. The molecule has 0 radical (unpaired) electrons. The summed E-state index contributed by atoms with van der Waals surface area (Å²) in [4.78, 5) is 12.0. The fourth-order valence-electron chi connectivity index (χ4n) is 1.74. The highest BCUT2D eigenvalue weighted by Gasteiger charge is 2.13. The van der Waals surface area contributed by atoms with Crippen molar-refractivity contribution in [3.05, 3.63) is 45.8 Å². The molecule has 0 saturated heterocycles. The molecule has 5 nitrogen and oxygen atoms in total. The number of carbonyl (C=O) groups is 1. The third kappa shape index (κ3) is 2.88. The summed E-state index contributed by atoms with van der Waals surface area (Å²) in [5.74, 6) is 0.411. The molecule has 100 valence electrons. The van der Waals surface area contributed by atoms with E-state index in [1.807, 2.05) is 6.92 Å². The highest BCUT2D eigenvalue weighted by molar-refractivity contribution is 6.34. The van der Waals surface area contributed by atoms with E-state index in [4.69, 9.17) is 21.9 Å². The average molecular weight is 280 g/mol. The Morgan fingerprint density at radius 2 is 2.21 bits per heavy atom. The van der Waals surface area contributed by atoms with E-state index in [1.54, 1.807) is 25.1 Å². The molecule has 1 aromatic carbocycles. The molecule has 1 aromatic heterocycles. The van der Waals surface area contributed by atoms with Gasteiger partial charge in [0.05, 0.1) is 16.3 Å². The number of carbonyl (C=O) groups excluding carboxylic acids is 1. The molecule has 0 unspecified atom stereocenters. The second-order valence-electron chi connectivity index (χ2n) is 4.22. The third-order valence-corrected chi connectivity index (χ3v) is 3.17. The van der Waals surface area contributed by atoms with Crippen molar-refractivity contribution in [3.8, 4) is 0 Å². The van der Waals surface area contributed by atoms with Gasteiger partial charge < -0.3 is 15.6 Å². The van der Waals surface area contributed by atoms with Gasteiger partial charge in [0, 0.05) is 17.8 Å². The van der Waals surface area contributed by atoms with Crippen LogP contribution < -0.4 is 11.1 Å². The topological polar surface area (TPSA) is 81.2 Å². The molecule has 0 spiro atoms. The average Bonchev–Trinajstić information content (AvgIpc) is 2.69. The van der Waals surface area contributed by atoms with Crippen LogP contribution >= 0.6 is 11.6 Å². The van der Waals surface area contributed by atoms with Crippen molar-refractivity contribution in [3.63, 3.8) is 0 Å². The Balaban J connectivity index is 2.12. The van der Waals surface area contributed by atoms with E-state index in [-0.39, 0.29) is 5.91 Å². The van der Waals surface area contributed by atoms with Gasteiger partial charge >= 0.3 is 0 Å². The van der Waals surface area contributed by atoms with Gasteiger partial charge in [0.15, 0.2) is 0 Å². The number of nitrogen functional groups attached to an aromatic ring is 1. The van der Waals surface area contributed by atoms with Crippen LogP contribution in [0.4, 0.5) is 5.69 Å². The van der Waals surface area contributed by atoms with Gasteiger partial charge in [0.1, 0.15) is 5.76 Å². The van der Waals surface area contributed by atoms with Crippen molar-refractivity contribution in [1.29, 1.82) is 0 Å². The van der Waals surface area contributed by atoms with Crippen LogP contribution in [0.1, 0.15) is 27.4 Å². The van der Waals surface area contributed by atoms with E-state index in [0.717, 1.165) is 11.3 Å². The van der Waals surface area contributed by atoms with Crippen molar-refractivity contribution in [2.45, 2.75) is 20.4 Å². The van der Waals surface area contributed by atoms with Crippen LogP contribution in [0, 0.1) is 13.8 Å². The number of anilines is 1. The van der Waals surface area contributed by atoms with Crippen LogP contribution in [0.2, 0.25) is 5.02 Å². The standard InChI is InChI=1S/C13H14ClN3O2/c1-7-11(8(2)19-17-7)6-16-13(18)10-5-9(15)3-4-12(10)14/h3-5H,6,15H2,1-2H3,(H,16,18). The summed E-state index contributed by atoms with van der Waals surface area (Å²) >= 11 is 5.97. The lowest BCUT2D eigenvalue weighted by atomic mass is 10.1. The molecule has 19 heavy (non-hydrogen) atoms. The van der Waals surface area contributed by atoms with Gasteiger partial charge in [-0.15, -0.1) is 0 Å². The number of hydrogen-bond acceptors (Lipinski definition) is 4. The molecule has 0 aliphatic carbocycles. The molecule has 1 amide bonds. The molecule has 0 fully saturated rings. The van der Waals surface area contributed by atoms with E-state index >= 15 is 0 Å². The first-order valence-corrected chi connectivity index (χ1v) is 6.12. The van der Waals surface area contributed by atoms with E-state index < -0.39 is 0 Å². The zero-order chi connectivity index (χ0) is 14.0. The monoisotopic (exact) mass is 279 g/mol. The second kappa shape index (κ2) is 5.32. The summed E-state index contributed by atoms with van der Waals surface area (Å²) in [5.41, 5.74) is 8.12. The number of benzene rings is 1. The smallest absolute Gasteiger partial charge is 0.253 e. The van der Waals surface area contributed by atoms with Crippen LogP contribution in [-0.2, 0) is 6.54 Å². The van der Waals surface area contributed by atoms with Gasteiger partial charge in [-0.2, -0.15) is 0 Å². The minimum absolute atomic E-state index is 0.280. The highest BCUT2D eigenvalue weighted by atomic mass is 35.5. The Morgan fingerprint density at radius 1 is 1.47 bits per heavy atom. The Labute approximate surface area is 115 Å². The number of amides is 1. The summed E-state index contributed by atoms with van der Waals surface area (Å²) in [5, 5.41) is 6.96. The van der Waals surface area contributed by atoms with E-state index in [9.17, 15) is 4.79 Å². The Morgan fingerprint density at radius 3 is 2.84 bits per heavy atom. The van der Waals surface area contributed by atoms with Crippen molar-refractivity contribution >= 4 is 23.2 Å². The first-order chi connectivity index (χ1) is 8.99. The molecule has 2 rings (SSSR count). The molecule has 0 bridgehead atoms. The number of nitrogens with one attached hydrogen (secondary N) is 1. The molecule has 0 atom stereocenters. The van der Waals surface area contributed by atoms with Crippen molar-refractivity contribution in [1.82, 2.24) is 10.5 Å². The van der Waals surface area contributed by atoms with Crippen molar-refractivity contribution in [2.75, 3.05) is 5.73 Å². The normalized spacial score (nSPS) is 10.5. The molecule has 3 N–H and O–H groups in total. The number of aryl methyl sites for hydroxylation is 2. The third-order valence-electron chi connectivity index (χ3n) is 2.84. The molecule has 0 saturated carbocycles. The number of halogens is 1. The quantitative estimate of drug-likeness (QED) is 0.846. The summed E-state index contributed by atoms with van der Waals surface area (Å²) < 4.78 is 5.03. The van der Waals surface area contributed by atoms with Gasteiger partial charge in [0.2, 0.25) is 0 Å². The van der Waals surface area contributed by atoms with Gasteiger partial charge in [-0.05, 0) is 32.0 Å². The van der Waals surface area contributed by atoms with Gasteiger partial charge in [-0.1, -0.05) is 16.8 Å². The summed E-state index contributed by atoms with van der Waals surface area (Å²) in [6.45, 7) is 3.96. The zero-order valence-electron chi connectivity index (χ0n) is 10.7. The van der Waals surface area contributed by atoms with Crippen LogP contribution in [0.25, 0.3) is 0 Å². The van der Waals surface area contributed by atoms with Crippen LogP contribution in [0.3, 0.4) is 0 Å². The Bertz CT molecular complexity index is 603. The number of nitrogens with zero attached hydrogens (tertiary/aromatic N) is 1. The van der Waals surface area contributed by atoms with E-state index in [0.29, 0.717) is 28.6 Å². The lowest BCUT2D eigenvalue weighted by Crippen LogP contribution is -2.23. The number of hydrogen-bond donors (Lipinski definition) is 2. The largest absolute Gasteiger partial charge is 0.399 e. The molecular formula is C13H14ClN3O2. The van der Waals surface area contributed by atoms with Gasteiger partial charge in [0.25, 0.3) is 5.91 Å². The molecule has 0 aliphatic heterocycles. The SMILES string of the molecule is Cc1noc(C)c1CNC(=O)c1cc(N)ccc1Cl. The Hall–Kier alpha value is -2.01. The number of nitrogens with two attached hydrogens (primary N) is 1. The predicted molar refractivity (Wildman–Crippen MR) is 73.0 cm³/mol. The van der Waals surface area contributed by atoms with E-state index in [2.05, 4.69) is 10.5 Å². The minimum atomic E-state index is -0.280. The molecule has 2 aromatic rings. The summed E-state index contributed by atoms with van der Waals surface area (Å²) in [6, 6.07) is 4.79. The fraction of sp³-hybridized carbons (Fsp3) is 0.231. The fourth-order valence-corrected chi connectivity index (χ4v) is 1.94. The second-order valence-corrected chi connectivity index (χ2v) is 4.63. The first-order valence-electron chi connectivity index (χ1n) is 5.74. The van der Waals surface area contributed by atoms with Gasteiger partial charge in [-0.3, -0.25) is 4.79 Å². The zero-order valence-corrected chi connectivity index (χ0v) is 11.4. The maximum atomic E-state index is 12.0. The van der Waals surface area contributed by atoms with Crippen LogP contribution in [0.15, 0.2) is 22.7 Å². The maximum absolute atomic E-state index is 12.0. The van der Waals surface area contributed by atoms with Gasteiger partial charge in [-0.25, -0.2) is 0 Å². The molecular weight excluding hydrogens is 266 g/mol. The lowest BCUT2D eigenvalue weighted by Gasteiger charge is -2.07.